The third-order valence-corrected chi connectivity index (χ3v) is 5.72. The third-order valence-electron chi connectivity index (χ3n) is 4.56. The first-order valence-electron chi connectivity index (χ1n) is 7.67. The average Bonchev–Trinajstić information content (AvgIpc) is 3.20. The van der Waals surface area contributed by atoms with Gasteiger partial charge in [0.05, 0.1) is 36.4 Å². The Morgan fingerprint density at radius 3 is 3.19 bits per heavy atom. The molecule has 2 fully saturated rings. The SMILES string of the molecule is O=C(CSCC1CC1)N1CC[C@@H]2OCc3cnnn3[C@H]2C1. The maximum atomic E-state index is 12.3. The lowest BCUT2D eigenvalue weighted by Crippen LogP contribution is -2.50. The van der Waals surface area contributed by atoms with Crippen LogP contribution in [-0.2, 0) is 16.1 Å². The number of ether oxygens (including phenoxy) is 1. The summed E-state index contributed by atoms with van der Waals surface area (Å²) in [7, 11) is 0. The maximum absolute atomic E-state index is 12.3. The van der Waals surface area contributed by atoms with Gasteiger partial charge in [-0.2, -0.15) is 11.8 Å². The molecule has 1 saturated heterocycles. The smallest absolute Gasteiger partial charge is 0.232 e. The van der Waals surface area contributed by atoms with E-state index < -0.39 is 0 Å². The van der Waals surface area contributed by atoms with Crippen LogP contribution < -0.4 is 0 Å². The molecule has 1 aromatic heterocycles. The van der Waals surface area contributed by atoms with E-state index in [1.54, 1.807) is 18.0 Å². The molecule has 3 aliphatic rings. The molecule has 1 aromatic rings. The molecule has 4 rings (SSSR count). The minimum Gasteiger partial charge on any atom is -0.370 e. The summed E-state index contributed by atoms with van der Waals surface area (Å²) in [5.74, 6) is 2.88. The van der Waals surface area contributed by atoms with Crippen LogP contribution >= 0.6 is 11.8 Å². The normalized spacial score (nSPS) is 28.1. The molecule has 1 saturated carbocycles. The van der Waals surface area contributed by atoms with Gasteiger partial charge in [0.1, 0.15) is 0 Å². The fourth-order valence-electron chi connectivity index (χ4n) is 3.09. The zero-order valence-electron chi connectivity index (χ0n) is 12.0. The topological polar surface area (TPSA) is 60.3 Å². The minimum absolute atomic E-state index is 0.127. The second-order valence-electron chi connectivity index (χ2n) is 6.17. The Morgan fingerprint density at radius 1 is 1.43 bits per heavy atom. The predicted molar refractivity (Wildman–Crippen MR) is 78.9 cm³/mol. The average molecular weight is 308 g/mol. The van der Waals surface area contributed by atoms with Crippen molar-refractivity contribution in [2.45, 2.75) is 38.0 Å². The Morgan fingerprint density at radius 2 is 2.33 bits per heavy atom. The number of hydrogen-bond acceptors (Lipinski definition) is 5. The summed E-state index contributed by atoms with van der Waals surface area (Å²) in [6.07, 6.45) is 5.51. The van der Waals surface area contributed by atoms with Gasteiger partial charge in [0.25, 0.3) is 0 Å². The highest BCUT2D eigenvalue weighted by molar-refractivity contribution is 7.99. The molecule has 21 heavy (non-hydrogen) atoms. The zero-order valence-corrected chi connectivity index (χ0v) is 12.8. The van der Waals surface area contributed by atoms with Crippen LogP contribution in [0.5, 0.6) is 0 Å². The number of carbonyl (C=O) groups excluding carboxylic acids is 1. The highest BCUT2D eigenvalue weighted by Gasteiger charge is 2.37. The number of amides is 1. The molecule has 0 spiro atoms. The second kappa shape index (κ2) is 5.61. The molecule has 0 bridgehead atoms. The van der Waals surface area contributed by atoms with Crippen molar-refractivity contribution in [2.75, 3.05) is 24.6 Å². The summed E-state index contributed by atoms with van der Waals surface area (Å²) in [4.78, 5) is 14.3. The highest BCUT2D eigenvalue weighted by atomic mass is 32.2. The molecule has 0 N–H and O–H groups in total. The quantitative estimate of drug-likeness (QED) is 0.833. The molecule has 0 unspecified atom stereocenters. The van der Waals surface area contributed by atoms with Gasteiger partial charge in [-0.3, -0.25) is 4.79 Å². The summed E-state index contributed by atoms with van der Waals surface area (Å²) < 4.78 is 7.82. The van der Waals surface area contributed by atoms with Crippen molar-refractivity contribution in [3.63, 3.8) is 0 Å². The Balaban J connectivity index is 1.37. The van der Waals surface area contributed by atoms with Crippen molar-refractivity contribution in [1.29, 1.82) is 0 Å². The van der Waals surface area contributed by atoms with Gasteiger partial charge in [0, 0.05) is 13.1 Å². The van der Waals surface area contributed by atoms with E-state index in [4.69, 9.17) is 4.74 Å². The van der Waals surface area contributed by atoms with Crippen LogP contribution in [0.15, 0.2) is 6.20 Å². The van der Waals surface area contributed by atoms with Gasteiger partial charge in [-0.1, -0.05) is 5.21 Å². The molecule has 1 amide bonds. The molecule has 0 radical (unpaired) electrons. The summed E-state index contributed by atoms with van der Waals surface area (Å²) in [6.45, 7) is 2.08. The molecule has 3 heterocycles. The van der Waals surface area contributed by atoms with Crippen molar-refractivity contribution < 1.29 is 9.53 Å². The van der Waals surface area contributed by atoms with E-state index in [0.29, 0.717) is 18.9 Å². The van der Waals surface area contributed by atoms with Gasteiger partial charge < -0.3 is 9.64 Å². The zero-order chi connectivity index (χ0) is 14.2. The number of thioether (sulfide) groups is 1. The molecule has 2 atom stereocenters. The third kappa shape index (κ3) is 2.81. The Hall–Kier alpha value is -1.08. The number of hydrogen-bond donors (Lipinski definition) is 0. The maximum Gasteiger partial charge on any atom is 0.232 e. The number of likely N-dealkylation sites (tertiary alicyclic amines) is 1. The van der Waals surface area contributed by atoms with Gasteiger partial charge in [-0.05, 0) is 30.9 Å². The van der Waals surface area contributed by atoms with Crippen molar-refractivity contribution >= 4 is 17.7 Å². The van der Waals surface area contributed by atoms with E-state index in [-0.39, 0.29) is 18.1 Å². The van der Waals surface area contributed by atoms with Crippen molar-refractivity contribution in [2.24, 2.45) is 5.92 Å². The summed E-state index contributed by atoms with van der Waals surface area (Å²) >= 11 is 1.79. The molecule has 114 valence electrons. The van der Waals surface area contributed by atoms with E-state index in [1.165, 1.54) is 12.8 Å². The van der Waals surface area contributed by atoms with E-state index in [1.807, 2.05) is 9.58 Å². The van der Waals surface area contributed by atoms with Gasteiger partial charge in [-0.25, -0.2) is 4.68 Å². The fourth-order valence-corrected chi connectivity index (χ4v) is 4.24. The van der Waals surface area contributed by atoms with Gasteiger partial charge >= 0.3 is 0 Å². The molecular formula is C14H20N4O2S. The summed E-state index contributed by atoms with van der Waals surface area (Å²) in [5, 5.41) is 8.14. The van der Waals surface area contributed by atoms with Crippen molar-refractivity contribution in [1.82, 2.24) is 19.9 Å². The van der Waals surface area contributed by atoms with Crippen LogP contribution in [0.4, 0.5) is 0 Å². The fraction of sp³-hybridized carbons (Fsp3) is 0.786. The second-order valence-corrected chi connectivity index (χ2v) is 7.20. The number of nitrogens with zero attached hydrogens (tertiary/aromatic N) is 4. The first kappa shape index (κ1) is 13.6. The van der Waals surface area contributed by atoms with Crippen molar-refractivity contribution in [3.05, 3.63) is 11.9 Å². The van der Waals surface area contributed by atoms with Crippen LogP contribution in [0.25, 0.3) is 0 Å². The van der Waals surface area contributed by atoms with E-state index in [0.717, 1.165) is 30.3 Å². The lowest BCUT2D eigenvalue weighted by molar-refractivity contribution is -0.135. The lowest BCUT2D eigenvalue weighted by Gasteiger charge is -2.41. The molecular weight excluding hydrogens is 288 g/mol. The van der Waals surface area contributed by atoms with Gasteiger partial charge in [-0.15, -0.1) is 5.10 Å². The molecule has 6 nitrogen and oxygen atoms in total. The van der Waals surface area contributed by atoms with Gasteiger partial charge in [0.2, 0.25) is 5.91 Å². The predicted octanol–water partition coefficient (Wildman–Crippen LogP) is 1.09. The van der Waals surface area contributed by atoms with E-state index in [2.05, 4.69) is 10.3 Å². The first-order chi connectivity index (χ1) is 10.3. The standard InChI is InChI=1S/C14H20N4O2S/c19-14(9-21-8-10-1-2-10)17-4-3-13-12(6-17)18-11(7-20-13)5-15-16-18/h5,10,12-13H,1-4,6-9H2/t12-,13-/m0/s1. The molecule has 1 aliphatic carbocycles. The largest absolute Gasteiger partial charge is 0.370 e. The van der Waals surface area contributed by atoms with E-state index >= 15 is 0 Å². The summed E-state index contributed by atoms with van der Waals surface area (Å²) in [6, 6.07) is 0.127. The number of aromatic nitrogens is 3. The first-order valence-corrected chi connectivity index (χ1v) is 8.83. The van der Waals surface area contributed by atoms with Crippen LogP contribution in [0, 0.1) is 5.92 Å². The Bertz CT molecular complexity index is 531. The van der Waals surface area contributed by atoms with E-state index in [9.17, 15) is 4.79 Å². The van der Waals surface area contributed by atoms with Crippen LogP contribution in [0.3, 0.4) is 0 Å². The van der Waals surface area contributed by atoms with Crippen LogP contribution in [-0.4, -0.2) is 56.5 Å². The monoisotopic (exact) mass is 308 g/mol. The highest BCUT2D eigenvalue weighted by Crippen LogP contribution is 2.33. The lowest BCUT2D eigenvalue weighted by atomic mass is 10.0. The number of fused-ring (bicyclic) bond motifs is 3. The number of carbonyl (C=O) groups is 1. The van der Waals surface area contributed by atoms with Crippen LogP contribution in [0.1, 0.15) is 31.0 Å². The van der Waals surface area contributed by atoms with Crippen LogP contribution in [0.2, 0.25) is 0 Å². The molecule has 7 heteroatoms. The number of rotatable bonds is 4. The molecule has 0 aromatic carbocycles. The van der Waals surface area contributed by atoms with Gasteiger partial charge in [0.15, 0.2) is 0 Å². The Kier molecular flexibility index (Phi) is 3.62. The van der Waals surface area contributed by atoms with Crippen molar-refractivity contribution in [3.8, 4) is 0 Å². The number of piperidine rings is 1. The summed E-state index contributed by atoms with van der Waals surface area (Å²) in [5.41, 5.74) is 1.01. The Labute approximate surface area is 128 Å². The minimum atomic E-state index is 0.127. The molecule has 2 aliphatic heterocycles.